The molecule has 6 aliphatic heterocycles. The van der Waals surface area contributed by atoms with Crippen LogP contribution in [-0.2, 0) is 23.7 Å². The number of morpholine rings is 4. The molecule has 4 saturated heterocycles. The molecule has 0 saturated carbocycles. The second-order valence-electron chi connectivity index (χ2n) is 21.5. The smallest absolute Gasteiger partial charge is 0.337 e. The van der Waals surface area contributed by atoms with Gasteiger partial charge in [0.05, 0.1) is 107 Å². The zero-order valence-electron chi connectivity index (χ0n) is 50.2. The Morgan fingerprint density at radius 1 is 0.506 bits per heavy atom. The third kappa shape index (κ3) is 21.8. The summed E-state index contributed by atoms with van der Waals surface area (Å²) in [5.41, 5.74) is 11.0. The first-order valence-electron chi connectivity index (χ1n) is 30.2. The Morgan fingerprint density at radius 3 is 1.29 bits per heavy atom. The van der Waals surface area contributed by atoms with Crippen molar-refractivity contribution in [2.24, 2.45) is 9.98 Å². The van der Waals surface area contributed by atoms with Crippen LogP contribution in [0.1, 0.15) is 104 Å². The Hall–Kier alpha value is -6.08. The standard InChI is InChI=1S/C27H27FN2O2.C19H23IN2O2.C12H14INO3.C11H12INO3/c28-25-10-6-21(7-11-25)5-8-23-19-24(9-12-26(23)30-15-17-32-18-16-30)27(31)4-2-1-3-22-13-14-29-20-22;20-17-13-16(5-6-18(17)22-9-11-24-12-10-22)19(23)4-2-1-3-15-7-8-21-14-15;1-16-12(15)9-2-3-11(10(13)8-9)14-4-6-17-7-5-14;12-9-7-8(11(14)15)1-2-10(9)13-3-5-16-6-4-13/h6-7,9-13,19-20H,1-4,14-18H2;5-7,13-14H,1-4,8-12H2;2-3,8H,4-7H2,1H3;1-2,7H,3-6H2,(H,14,15). The van der Waals surface area contributed by atoms with E-state index >= 15 is 0 Å². The summed E-state index contributed by atoms with van der Waals surface area (Å²) in [6.07, 6.45) is 15.1. The average Bonchev–Trinajstić information content (AvgIpc) is 3.77. The zero-order valence-corrected chi connectivity index (χ0v) is 56.7. The van der Waals surface area contributed by atoms with Gasteiger partial charge in [-0.3, -0.25) is 19.6 Å². The van der Waals surface area contributed by atoms with E-state index in [9.17, 15) is 23.6 Å². The van der Waals surface area contributed by atoms with Crippen molar-refractivity contribution >= 4 is 126 Å². The highest BCUT2D eigenvalue weighted by atomic mass is 127. The number of allylic oxidation sites excluding steroid dienone is 2. The van der Waals surface area contributed by atoms with Crippen LogP contribution in [0.25, 0.3) is 0 Å². The number of carbonyl (C=O) groups excluding carboxylic acids is 3. The fourth-order valence-electron chi connectivity index (χ4n) is 10.5. The molecule has 1 N–H and O–H groups in total. The number of ether oxygens (including phenoxy) is 5. The maximum Gasteiger partial charge on any atom is 0.337 e. The van der Waals surface area contributed by atoms with Gasteiger partial charge >= 0.3 is 11.9 Å². The molecule has 11 rings (SSSR count). The number of carbonyl (C=O) groups is 4. The number of rotatable bonds is 18. The van der Waals surface area contributed by atoms with Crippen LogP contribution in [0.15, 0.2) is 130 Å². The van der Waals surface area contributed by atoms with Crippen molar-refractivity contribution < 1.29 is 52.4 Å². The first kappa shape index (κ1) is 68.8. The highest BCUT2D eigenvalue weighted by Gasteiger charge is 2.21. The van der Waals surface area contributed by atoms with Crippen LogP contribution < -0.4 is 19.6 Å². The number of benzene rings is 5. The molecule has 0 amide bonds. The number of hydrogen-bond acceptors (Lipinski definition) is 15. The van der Waals surface area contributed by atoms with Gasteiger partial charge in [-0.25, -0.2) is 14.0 Å². The molecule has 0 atom stereocenters. The van der Waals surface area contributed by atoms with Crippen molar-refractivity contribution in [2.45, 2.75) is 51.4 Å². The zero-order chi connectivity index (χ0) is 62.7. The number of aromatic carboxylic acids is 1. The maximum atomic E-state index is 13.2. The minimum atomic E-state index is -0.883. The summed E-state index contributed by atoms with van der Waals surface area (Å²) in [6, 6.07) is 28.9. The number of ketones is 2. The summed E-state index contributed by atoms with van der Waals surface area (Å²) in [6.45, 7) is 14.4. The molecule has 470 valence electrons. The summed E-state index contributed by atoms with van der Waals surface area (Å²) in [5, 5.41) is 8.87. The molecule has 5 aromatic rings. The van der Waals surface area contributed by atoms with Gasteiger partial charge in [-0.15, -0.1) is 0 Å². The largest absolute Gasteiger partial charge is 0.478 e. The second-order valence-corrected chi connectivity index (χ2v) is 25.0. The van der Waals surface area contributed by atoms with Crippen molar-refractivity contribution in [1.29, 1.82) is 0 Å². The lowest BCUT2D eigenvalue weighted by Crippen LogP contribution is -2.36. The average molecular weight is 1550 g/mol. The predicted molar refractivity (Wildman–Crippen MR) is 375 cm³/mol. The molecule has 0 aliphatic carbocycles. The molecule has 6 heterocycles. The van der Waals surface area contributed by atoms with E-state index in [-0.39, 0.29) is 23.4 Å². The SMILES string of the molecule is COC(=O)c1ccc(N2CCOCC2)c(I)c1.O=C(CCCCC1=CCN=C1)c1ccc(N2CCOCC2)c(C#Cc2ccc(F)cc2)c1.O=C(CCCCC1=CCN=C1)c1ccc(N2CCOCC2)c(I)c1.O=C(O)c1ccc(N2CCOCC2)c(I)c1. The highest BCUT2D eigenvalue weighted by molar-refractivity contribution is 14.1. The van der Waals surface area contributed by atoms with Crippen LogP contribution in [0.5, 0.6) is 0 Å². The van der Waals surface area contributed by atoms with Crippen molar-refractivity contribution in [3.05, 3.63) is 170 Å². The number of anilines is 4. The molecule has 20 heteroatoms. The van der Waals surface area contributed by atoms with Gasteiger partial charge in [0, 0.05) is 111 Å². The van der Waals surface area contributed by atoms with Crippen LogP contribution in [-0.4, -0.2) is 166 Å². The molecule has 16 nitrogen and oxygen atoms in total. The van der Waals surface area contributed by atoms with Crippen molar-refractivity contribution in [3.63, 3.8) is 0 Å². The Balaban J connectivity index is 0.000000160. The third-order valence-corrected chi connectivity index (χ3v) is 18.0. The molecule has 6 aliphatic rings. The molecule has 0 bridgehead atoms. The Labute approximate surface area is 562 Å². The fraction of sp³-hybridized carbons (Fsp3) is 0.391. The molecule has 0 unspecified atom stereocenters. The van der Waals surface area contributed by atoms with E-state index < -0.39 is 5.97 Å². The monoisotopic (exact) mass is 1550 g/mol. The van der Waals surface area contributed by atoms with E-state index in [0.717, 1.165) is 188 Å². The van der Waals surface area contributed by atoms with Gasteiger partial charge in [-0.1, -0.05) is 24.0 Å². The summed E-state index contributed by atoms with van der Waals surface area (Å²) in [5.74, 6) is 5.25. The summed E-state index contributed by atoms with van der Waals surface area (Å²) >= 11 is 6.76. The highest BCUT2D eigenvalue weighted by Crippen LogP contribution is 2.29. The maximum absolute atomic E-state index is 13.2. The molecule has 0 spiro atoms. The van der Waals surface area contributed by atoms with E-state index in [1.54, 1.807) is 30.3 Å². The second kappa shape index (κ2) is 36.7. The first-order chi connectivity index (χ1) is 43.3. The molecule has 0 aromatic heterocycles. The molecule has 89 heavy (non-hydrogen) atoms. The molecule has 0 radical (unpaired) electrons. The van der Waals surface area contributed by atoms with Crippen molar-refractivity contribution in [3.8, 4) is 11.8 Å². The van der Waals surface area contributed by atoms with E-state index in [4.69, 9.17) is 28.8 Å². The van der Waals surface area contributed by atoms with Crippen LogP contribution in [0, 0.1) is 28.4 Å². The lowest BCUT2D eigenvalue weighted by molar-refractivity contribution is 0.0599. The fourth-order valence-corrected chi connectivity index (χ4v) is 13.0. The number of carboxylic acids is 1. The summed E-state index contributed by atoms with van der Waals surface area (Å²) < 4.78 is 42.6. The van der Waals surface area contributed by atoms with Crippen LogP contribution >= 0.6 is 67.8 Å². The van der Waals surface area contributed by atoms with Gasteiger partial charge in [0.25, 0.3) is 0 Å². The normalized spacial score (nSPS) is 16.1. The number of Topliss-reactive ketones (excluding diaryl/α,β-unsaturated/α-hetero) is 2. The first-order valence-corrected chi connectivity index (χ1v) is 33.4. The lowest BCUT2D eigenvalue weighted by atomic mass is 10.00. The molecular formula is C69H76FI3N6O10. The summed E-state index contributed by atoms with van der Waals surface area (Å²) in [4.78, 5) is 64.9. The van der Waals surface area contributed by atoms with E-state index in [1.807, 2.05) is 61.0 Å². The number of esters is 1. The Kier molecular flexibility index (Phi) is 28.4. The Bertz CT molecular complexity index is 3400. The molecular weight excluding hydrogens is 1470 g/mol. The Morgan fingerprint density at radius 2 is 0.888 bits per heavy atom. The van der Waals surface area contributed by atoms with E-state index in [1.165, 1.54) is 36.1 Å². The quantitative estimate of drug-likeness (QED) is 0.0289. The molecule has 4 fully saturated rings. The minimum absolute atomic E-state index is 0.137. The molecule has 5 aromatic carbocycles. The van der Waals surface area contributed by atoms with Crippen LogP contribution in [0.4, 0.5) is 27.1 Å². The van der Waals surface area contributed by atoms with Gasteiger partial charge in [0.15, 0.2) is 11.6 Å². The number of nitrogens with zero attached hydrogens (tertiary/aromatic N) is 6. The number of carboxylic acid groups (broad SMARTS) is 1. The van der Waals surface area contributed by atoms with E-state index in [2.05, 4.69) is 127 Å². The predicted octanol–water partition coefficient (Wildman–Crippen LogP) is 12.4. The van der Waals surface area contributed by atoms with Crippen LogP contribution in [0.3, 0.4) is 0 Å². The minimum Gasteiger partial charge on any atom is -0.478 e. The number of methoxy groups -OCH3 is 1. The van der Waals surface area contributed by atoms with Gasteiger partial charge in [0.1, 0.15) is 5.82 Å². The van der Waals surface area contributed by atoms with Crippen LogP contribution in [0.2, 0.25) is 0 Å². The third-order valence-electron chi connectivity index (χ3n) is 15.4. The van der Waals surface area contributed by atoms with E-state index in [0.29, 0.717) is 42.7 Å². The number of aliphatic imine (C=N–C) groups is 2. The van der Waals surface area contributed by atoms with Gasteiger partial charge in [0.2, 0.25) is 0 Å². The van der Waals surface area contributed by atoms with Gasteiger partial charge < -0.3 is 48.4 Å². The van der Waals surface area contributed by atoms with Gasteiger partial charge in [-0.05, 0) is 215 Å². The topological polar surface area (TPSA) is 172 Å². The number of halogens is 4. The number of unbranched alkanes of at least 4 members (excludes halogenated alkanes) is 2. The van der Waals surface area contributed by atoms with Crippen molar-refractivity contribution in [1.82, 2.24) is 0 Å². The summed E-state index contributed by atoms with van der Waals surface area (Å²) in [7, 11) is 1.39. The number of hydrogen-bond donors (Lipinski definition) is 1. The lowest BCUT2D eigenvalue weighted by Gasteiger charge is -2.30. The van der Waals surface area contributed by atoms with Crippen molar-refractivity contribution in [2.75, 3.05) is 145 Å². The van der Waals surface area contributed by atoms with Gasteiger partial charge in [-0.2, -0.15) is 0 Å².